The van der Waals surface area contributed by atoms with Crippen LogP contribution < -0.4 is 16.0 Å². The monoisotopic (exact) mass is 297 g/mol. The number of aromatic nitrogens is 1. The Balaban J connectivity index is 2.47. The molecule has 2 rings (SSSR count). The normalized spacial score (nSPS) is 12.2. The maximum atomic E-state index is 6.02. The molecule has 0 radical (unpaired) electrons. The number of nitrogens with two attached hydrogens (primary N) is 1. The fourth-order valence-electron chi connectivity index (χ4n) is 1.82. The minimum Gasteiger partial charge on any atom is -0.496 e. The van der Waals surface area contributed by atoms with E-state index in [4.69, 9.17) is 33.8 Å². The van der Waals surface area contributed by atoms with E-state index in [9.17, 15) is 0 Å². The summed E-state index contributed by atoms with van der Waals surface area (Å²) in [7, 11) is 1.59. The van der Waals surface area contributed by atoms with E-state index in [1.807, 2.05) is 0 Å². The lowest BCUT2D eigenvalue weighted by molar-refractivity contribution is 0.404. The fraction of sp³-hybridized carbons (Fsp3) is 0.154. The van der Waals surface area contributed by atoms with Crippen molar-refractivity contribution in [2.24, 2.45) is 5.84 Å². The Labute approximate surface area is 121 Å². The predicted octanol–water partition coefficient (Wildman–Crippen LogP) is 2.95. The van der Waals surface area contributed by atoms with E-state index >= 15 is 0 Å². The number of halogens is 2. The van der Waals surface area contributed by atoms with Crippen LogP contribution in [-0.4, -0.2) is 12.1 Å². The molecule has 100 valence electrons. The van der Waals surface area contributed by atoms with Crippen LogP contribution in [-0.2, 0) is 0 Å². The van der Waals surface area contributed by atoms with Crippen molar-refractivity contribution in [1.29, 1.82) is 0 Å². The van der Waals surface area contributed by atoms with Gasteiger partial charge in [-0.15, -0.1) is 0 Å². The van der Waals surface area contributed by atoms with Gasteiger partial charge in [-0.3, -0.25) is 10.8 Å². The van der Waals surface area contributed by atoms with Crippen LogP contribution in [0.25, 0.3) is 0 Å². The van der Waals surface area contributed by atoms with Crippen molar-refractivity contribution in [3.8, 4) is 5.75 Å². The number of hydrogen-bond acceptors (Lipinski definition) is 4. The van der Waals surface area contributed by atoms with Gasteiger partial charge in [-0.2, -0.15) is 0 Å². The molecule has 1 heterocycles. The van der Waals surface area contributed by atoms with Crippen molar-refractivity contribution in [3.63, 3.8) is 0 Å². The highest BCUT2D eigenvalue weighted by atomic mass is 35.5. The van der Waals surface area contributed by atoms with Crippen LogP contribution in [0.1, 0.15) is 17.3 Å². The molecule has 0 aliphatic rings. The number of ether oxygens (including phenoxy) is 1. The minimum atomic E-state index is -0.328. The lowest BCUT2D eigenvalue weighted by atomic mass is 10.0. The molecular formula is C13H13Cl2N3O. The Hall–Kier alpha value is -1.33. The zero-order chi connectivity index (χ0) is 13.8. The molecule has 1 unspecified atom stereocenters. The second-order valence-electron chi connectivity index (χ2n) is 3.89. The summed E-state index contributed by atoms with van der Waals surface area (Å²) >= 11 is 11.9. The Morgan fingerprint density at radius 3 is 2.53 bits per heavy atom. The molecule has 6 heteroatoms. The number of nitrogens with zero attached hydrogens (tertiary/aromatic N) is 1. The number of rotatable bonds is 4. The Kier molecular flexibility index (Phi) is 4.61. The molecule has 0 saturated carbocycles. The summed E-state index contributed by atoms with van der Waals surface area (Å²) in [5, 5.41) is 1.17. The van der Waals surface area contributed by atoms with E-state index in [2.05, 4.69) is 10.4 Å². The average Bonchev–Trinajstić information content (AvgIpc) is 2.42. The third kappa shape index (κ3) is 3.16. The maximum absolute atomic E-state index is 6.02. The second kappa shape index (κ2) is 6.21. The van der Waals surface area contributed by atoms with Gasteiger partial charge in [0.25, 0.3) is 0 Å². The van der Waals surface area contributed by atoms with Gasteiger partial charge in [0, 0.05) is 16.8 Å². The molecule has 3 N–H and O–H groups in total. The van der Waals surface area contributed by atoms with E-state index in [-0.39, 0.29) is 6.04 Å². The van der Waals surface area contributed by atoms with Gasteiger partial charge in [-0.05, 0) is 30.3 Å². The van der Waals surface area contributed by atoms with Crippen molar-refractivity contribution < 1.29 is 4.74 Å². The molecule has 0 saturated heterocycles. The molecule has 1 aromatic heterocycles. The summed E-state index contributed by atoms with van der Waals surface area (Å²) in [6.07, 6.45) is 1.57. The maximum Gasteiger partial charge on any atom is 0.124 e. The molecule has 4 nitrogen and oxygen atoms in total. The minimum absolute atomic E-state index is 0.328. The largest absolute Gasteiger partial charge is 0.496 e. The van der Waals surface area contributed by atoms with E-state index in [0.29, 0.717) is 15.8 Å². The van der Waals surface area contributed by atoms with E-state index in [1.165, 1.54) is 0 Å². The second-order valence-corrected chi connectivity index (χ2v) is 4.76. The number of methoxy groups -OCH3 is 1. The number of nitrogens with one attached hydrogen (secondary N) is 1. The van der Waals surface area contributed by atoms with Crippen LogP contribution in [0.2, 0.25) is 10.0 Å². The Morgan fingerprint density at radius 1 is 1.21 bits per heavy atom. The lowest BCUT2D eigenvalue weighted by Gasteiger charge is -2.19. The van der Waals surface area contributed by atoms with E-state index in [1.54, 1.807) is 43.6 Å². The quantitative estimate of drug-likeness (QED) is 0.673. The molecule has 1 atom stereocenters. The average molecular weight is 298 g/mol. The highest BCUT2D eigenvalue weighted by Gasteiger charge is 2.18. The van der Waals surface area contributed by atoms with E-state index < -0.39 is 0 Å². The first kappa shape index (κ1) is 14.1. The SMILES string of the molecule is COc1ccc(Cl)cc1C(NN)c1ccc(Cl)cn1. The van der Waals surface area contributed by atoms with Crippen LogP contribution in [0.4, 0.5) is 0 Å². The van der Waals surface area contributed by atoms with Gasteiger partial charge in [0.2, 0.25) is 0 Å². The molecule has 2 aromatic rings. The van der Waals surface area contributed by atoms with Crippen molar-refractivity contribution in [3.05, 3.63) is 57.8 Å². The Morgan fingerprint density at radius 2 is 1.95 bits per heavy atom. The molecule has 0 aliphatic heterocycles. The summed E-state index contributed by atoms with van der Waals surface area (Å²) in [4.78, 5) is 4.26. The van der Waals surface area contributed by atoms with Crippen molar-refractivity contribution in [2.75, 3.05) is 7.11 Å². The smallest absolute Gasteiger partial charge is 0.124 e. The van der Waals surface area contributed by atoms with E-state index in [0.717, 1.165) is 11.3 Å². The molecule has 0 amide bonds. The number of hydrazine groups is 1. The van der Waals surface area contributed by atoms with Gasteiger partial charge in [0.15, 0.2) is 0 Å². The third-order valence-electron chi connectivity index (χ3n) is 2.72. The van der Waals surface area contributed by atoms with Crippen molar-refractivity contribution >= 4 is 23.2 Å². The topological polar surface area (TPSA) is 60.2 Å². The molecular weight excluding hydrogens is 285 g/mol. The third-order valence-corrected chi connectivity index (χ3v) is 3.17. The number of benzene rings is 1. The molecule has 19 heavy (non-hydrogen) atoms. The number of hydrogen-bond donors (Lipinski definition) is 2. The van der Waals surface area contributed by atoms with Crippen LogP contribution in [0, 0.1) is 0 Å². The summed E-state index contributed by atoms with van der Waals surface area (Å²) in [5.41, 5.74) is 4.25. The van der Waals surface area contributed by atoms with Gasteiger partial charge in [-0.1, -0.05) is 23.2 Å². The highest BCUT2D eigenvalue weighted by Crippen LogP contribution is 2.31. The first-order valence-corrected chi connectivity index (χ1v) is 6.32. The summed E-state index contributed by atoms with van der Waals surface area (Å²) in [6.45, 7) is 0. The molecule has 0 fully saturated rings. The summed E-state index contributed by atoms with van der Waals surface area (Å²) in [5.74, 6) is 6.31. The zero-order valence-corrected chi connectivity index (χ0v) is 11.7. The van der Waals surface area contributed by atoms with Crippen molar-refractivity contribution in [1.82, 2.24) is 10.4 Å². The van der Waals surface area contributed by atoms with Crippen LogP contribution in [0.15, 0.2) is 36.5 Å². The first-order chi connectivity index (χ1) is 9.15. The lowest BCUT2D eigenvalue weighted by Crippen LogP contribution is -2.29. The summed E-state index contributed by atoms with van der Waals surface area (Å²) < 4.78 is 5.32. The molecule has 0 aliphatic carbocycles. The van der Waals surface area contributed by atoms with Gasteiger partial charge in [0.05, 0.1) is 23.9 Å². The standard InChI is InChI=1S/C13H13Cl2N3O/c1-19-12-5-3-8(14)6-10(12)13(18-16)11-4-2-9(15)7-17-11/h2-7,13,18H,16H2,1H3. The van der Waals surface area contributed by atoms with Crippen LogP contribution in [0.3, 0.4) is 0 Å². The van der Waals surface area contributed by atoms with Gasteiger partial charge in [0.1, 0.15) is 5.75 Å². The van der Waals surface area contributed by atoms with Crippen LogP contribution >= 0.6 is 23.2 Å². The zero-order valence-electron chi connectivity index (χ0n) is 10.2. The highest BCUT2D eigenvalue weighted by molar-refractivity contribution is 6.30. The number of pyridine rings is 1. The van der Waals surface area contributed by atoms with Gasteiger partial charge in [-0.25, -0.2) is 5.43 Å². The van der Waals surface area contributed by atoms with Crippen molar-refractivity contribution in [2.45, 2.75) is 6.04 Å². The fourth-order valence-corrected chi connectivity index (χ4v) is 2.12. The van der Waals surface area contributed by atoms with Crippen LogP contribution in [0.5, 0.6) is 5.75 Å². The molecule has 0 spiro atoms. The first-order valence-electron chi connectivity index (χ1n) is 5.56. The molecule has 1 aromatic carbocycles. The summed E-state index contributed by atoms with van der Waals surface area (Å²) in [6, 6.07) is 8.57. The molecule has 0 bridgehead atoms. The van der Waals surface area contributed by atoms with Gasteiger partial charge < -0.3 is 4.74 Å². The predicted molar refractivity (Wildman–Crippen MR) is 76.4 cm³/mol. The van der Waals surface area contributed by atoms with Gasteiger partial charge >= 0.3 is 0 Å². The Bertz CT molecular complexity index is 560.